The van der Waals surface area contributed by atoms with E-state index in [4.69, 9.17) is 0 Å². The van der Waals surface area contributed by atoms with Crippen LogP contribution in [0.2, 0.25) is 0 Å². The van der Waals surface area contributed by atoms with Crippen LogP contribution < -0.4 is 0 Å². The minimum absolute atomic E-state index is 0.108. The van der Waals surface area contributed by atoms with Crippen LogP contribution in [0, 0.1) is 29.6 Å². The summed E-state index contributed by atoms with van der Waals surface area (Å²) in [6, 6.07) is 0. The first-order valence-corrected chi connectivity index (χ1v) is 8.93. The standard InChI is InChI=1S/C18H31F3/c1-13-5-3-7-15(8-4-6-13)12-16-10-9-14(2)11-17(16)18(19,20)21/h13-17H,3-12H2,1-2H3. The molecular formula is C18H31F3. The topological polar surface area (TPSA) is 0 Å². The van der Waals surface area contributed by atoms with Crippen molar-refractivity contribution in [1.82, 2.24) is 0 Å². The van der Waals surface area contributed by atoms with Crippen LogP contribution in [0.15, 0.2) is 0 Å². The number of hydrogen-bond donors (Lipinski definition) is 0. The lowest BCUT2D eigenvalue weighted by Gasteiger charge is -2.38. The predicted octanol–water partition coefficient (Wildman–Crippen LogP) is 6.60. The summed E-state index contributed by atoms with van der Waals surface area (Å²) >= 11 is 0. The molecule has 2 rings (SSSR count). The molecule has 0 amide bonds. The third-order valence-electron chi connectivity index (χ3n) is 5.93. The van der Waals surface area contributed by atoms with Gasteiger partial charge in [-0.3, -0.25) is 0 Å². The van der Waals surface area contributed by atoms with Crippen molar-refractivity contribution in [2.45, 2.75) is 84.2 Å². The van der Waals surface area contributed by atoms with Crippen LogP contribution in [-0.2, 0) is 0 Å². The number of alkyl halides is 3. The zero-order valence-electron chi connectivity index (χ0n) is 13.6. The molecule has 3 heteroatoms. The second kappa shape index (κ2) is 7.37. The Morgan fingerprint density at radius 2 is 1.43 bits per heavy atom. The molecule has 0 saturated heterocycles. The average Bonchev–Trinajstić information content (AvgIpc) is 2.36. The molecule has 0 aromatic rings. The minimum Gasteiger partial charge on any atom is -0.171 e. The van der Waals surface area contributed by atoms with Gasteiger partial charge < -0.3 is 0 Å². The molecule has 124 valence electrons. The zero-order chi connectivity index (χ0) is 15.5. The summed E-state index contributed by atoms with van der Waals surface area (Å²) in [6.45, 7) is 4.29. The van der Waals surface area contributed by atoms with Crippen molar-refractivity contribution in [2.24, 2.45) is 29.6 Å². The summed E-state index contributed by atoms with van der Waals surface area (Å²) in [6.07, 6.45) is 6.24. The predicted molar refractivity (Wildman–Crippen MR) is 81.0 cm³/mol. The second-order valence-corrected chi connectivity index (χ2v) is 7.90. The Balaban J connectivity index is 1.92. The van der Waals surface area contributed by atoms with Crippen LogP contribution in [0.4, 0.5) is 13.2 Å². The maximum absolute atomic E-state index is 13.3. The Bertz CT molecular complexity index is 300. The summed E-state index contributed by atoms with van der Waals surface area (Å²) in [5, 5.41) is 0. The van der Waals surface area contributed by atoms with Gasteiger partial charge in [0.1, 0.15) is 0 Å². The van der Waals surface area contributed by atoms with Crippen LogP contribution >= 0.6 is 0 Å². The highest BCUT2D eigenvalue weighted by Crippen LogP contribution is 2.46. The molecule has 2 aliphatic rings. The highest BCUT2D eigenvalue weighted by atomic mass is 19.4. The quantitative estimate of drug-likeness (QED) is 0.539. The fourth-order valence-corrected chi connectivity index (χ4v) is 4.59. The maximum Gasteiger partial charge on any atom is 0.392 e. The van der Waals surface area contributed by atoms with Crippen molar-refractivity contribution in [3.63, 3.8) is 0 Å². The molecule has 2 fully saturated rings. The molecule has 3 atom stereocenters. The van der Waals surface area contributed by atoms with E-state index in [1.54, 1.807) is 0 Å². The normalized spacial score (nSPS) is 39.6. The highest BCUT2D eigenvalue weighted by molar-refractivity contribution is 4.85. The van der Waals surface area contributed by atoms with E-state index < -0.39 is 12.1 Å². The Kier molecular flexibility index (Phi) is 6.02. The lowest BCUT2D eigenvalue weighted by molar-refractivity contribution is -0.202. The summed E-state index contributed by atoms with van der Waals surface area (Å²) in [4.78, 5) is 0. The molecule has 3 unspecified atom stereocenters. The van der Waals surface area contributed by atoms with E-state index in [0.717, 1.165) is 38.0 Å². The first kappa shape index (κ1) is 17.1. The van der Waals surface area contributed by atoms with Gasteiger partial charge in [0.15, 0.2) is 0 Å². The van der Waals surface area contributed by atoms with Crippen molar-refractivity contribution in [1.29, 1.82) is 0 Å². The molecule has 21 heavy (non-hydrogen) atoms. The van der Waals surface area contributed by atoms with E-state index in [-0.39, 0.29) is 11.8 Å². The fraction of sp³-hybridized carbons (Fsp3) is 1.00. The second-order valence-electron chi connectivity index (χ2n) is 7.90. The molecule has 2 saturated carbocycles. The van der Waals surface area contributed by atoms with Crippen LogP contribution in [0.3, 0.4) is 0 Å². The van der Waals surface area contributed by atoms with Crippen molar-refractivity contribution in [3.8, 4) is 0 Å². The SMILES string of the molecule is CC1CCCC(CC2CCC(C)CC2C(F)(F)F)CCC1. The van der Waals surface area contributed by atoms with Gasteiger partial charge in [0.2, 0.25) is 0 Å². The number of halogens is 3. The summed E-state index contributed by atoms with van der Waals surface area (Å²) in [5.41, 5.74) is 0. The third-order valence-corrected chi connectivity index (χ3v) is 5.93. The molecule has 0 radical (unpaired) electrons. The van der Waals surface area contributed by atoms with E-state index in [0.29, 0.717) is 12.3 Å². The van der Waals surface area contributed by atoms with Crippen molar-refractivity contribution in [3.05, 3.63) is 0 Å². The molecule has 0 aromatic heterocycles. The molecule has 0 heterocycles. The van der Waals surface area contributed by atoms with Gasteiger partial charge in [-0.15, -0.1) is 0 Å². The van der Waals surface area contributed by atoms with Crippen molar-refractivity contribution >= 4 is 0 Å². The molecule has 0 aromatic carbocycles. The highest BCUT2D eigenvalue weighted by Gasteiger charge is 2.47. The monoisotopic (exact) mass is 304 g/mol. The Morgan fingerprint density at radius 3 is 2.00 bits per heavy atom. The van der Waals surface area contributed by atoms with Crippen LogP contribution in [0.25, 0.3) is 0 Å². The summed E-state index contributed by atoms with van der Waals surface area (Å²) < 4.78 is 39.9. The average molecular weight is 304 g/mol. The van der Waals surface area contributed by atoms with E-state index in [1.807, 2.05) is 6.92 Å². The lowest BCUT2D eigenvalue weighted by atomic mass is 9.69. The smallest absolute Gasteiger partial charge is 0.171 e. The first-order chi connectivity index (χ1) is 9.86. The van der Waals surface area contributed by atoms with E-state index in [2.05, 4.69) is 6.92 Å². The van der Waals surface area contributed by atoms with Gasteiger partial charge in [0.25, 0.3) is 0 Å². The van der Waals surface area contributed by atoms with Gasteiger partial charge in [-0.05, 0) is 42.9 Å². The number of rotatable bonds is 2. The van der Waals surface area contributed by atoms with Crippen LogP contribution in [0.1, 0.15) is 78.1 Å². The van der Waals surface area contributed by atoms with Gasteiger partial charge in [0.05, 0.1) is 5.92 Å². The molecule has 0 aliphatic heterocycles. The maximum atomic E-state index is 13.3. The first-order valence-electron chi connectivity index (χ1n) is 8.93. The van der Waals surface area contributed by atoms with Gasteiger partial charge in [0, 0.05) is 0 Å². The van der Waals surface area contributed by atoms with Gasteiger partial charge >= 0.3 is 6.18 Å². The molecule has 0 N–H and O–H groups in total. The molecule has 0 nitrogen and oxygen atoms in total. The zero-order valence-corrected chi connectivity index (χ0v) is 13.6. The number of hydrogen-bond acceptors (Lipinski definition) is 0. The largest absolute Gasteiger partial charge is 0.392 e. The third kappa shape index (κ3) is 5.17. The fourth-order valence-electron chi connectivity index (χ4n) is 4.59. The van der Waals surface area contributed by atoms with Gasteiger partial charge in [-0.2, -0.15) is 13.2 Å². The van der Waals surface area contributed by atoms with Crippen LogP contribution in [0.5, 0.6) is 0 Å². The molecule has 0 bridgehead atoms. The van der Waals surface area contributed by atoms with Crippen molar-refractivity contribution < 1.29 is 13.2 Å². The van der Waals surface area contributed by atoms with E-state index in [9.17, 15) is 13.2 Å². The van der Waals surface area contributed by atoms with Gasteiger partial charge in [-0.1, -0.05) is 58.8 Å². The Labute approximate surface area is 127 Å². The van der Waals surface area contributed by atoms with Crippen molar-refractivity contribution in [2.75, 3.05) is 0 Å². The molecule has 2 aliphatic carbocycles. The van der Waals surface area contributed by atoms with E-state index >= 15 is 0 Å². The Morgan fingerprint density at radius 1 is 0.810 bits per heavy atom. The van der Waals surface area contributed by atoms with E-state index in [1.165, 1.54) is 25.7 Å². The molecule has 0 spiro atoms. The van der Waals surface area contributed by atoms with Crippen LogP contribution in [-0.4, -0.2) is 6.18 Å². The Hall–Kier alpha value is -0.210. The van der Waals surface area contributed by atoms with Gasteiger partial charge in [-0.25, -0.2) is 0 Å². The lowest BCUT2D eigenvalue weighted by Crippen LogP contribution is -2.36. The minimum atomic E-state index is -3.99. The summed E-state index contributed by atoms with van der Waals surface area (Å²) in [5.74, 6) is 0.449. The molecular weight excluding hydrogens is 273 g/mol. The summed E-state index contributed by atoms with van der Waals surface area (Å²) in [7, 11) is 0.